The van der Waals surface area contributed by atoms with E-state index in [4.69, 9.17) is 0 Å². The summed E-state index contributed by atoms with van der Waals surface area (Å²) < 4.78 is 0. The van der Waals surface area contributed by atoms with Crippen LogP contribution in [-0.2, 0) is 27.3 Å². The van der Waals surface area contributed by atoms with Gasteiger partial charge in [0.15, 0.2) is 0 Å². The maximum absolute atomic E-state index is 3.89. The van der Waals surface area contributed by atoms with Crippen LogP contribution in [0.25, 0.3) is 0 Å². The Kier molecular flexibility index (Phi) is 52.2. The summed E-state index contributed by atoms with van der Waals surface area (Å²) in [6.45, 7) is 12.4. The second-order valence-corrected chi connectivity index (χ2v) is 12.3. The Morgan fingerprint density at radius 3 is 0.487 bits per heavy atom. The van der Waals surface area contributed by atoms with Crippen LogP contribution in [0.4, 0.5) is 0 Å². The predicted octanol–water partition coefficient (Wildman–Crippen LogP) is 14.9. The Balaban J connectivity index is -0.000000648. The van der Waals surface area contributed by atoms with Crippen LogP contribution in [-0.4, -0.2) is 0 Å². The van der Waals surface area contributed by atoms with Crippen LogP contribution < -0.4 is 0 Å². The molecule has 0 aromatic heterocycles. The summed E-state index contributed by atoms with van der Waals surface area (Å²) in [7, 11) is 0. The first-order valence-corrected chi connectivity index (χ1v) is 18.4. The number of unbranched alkanes of at least 4 members (excludes halogenated alkanes) is 32. The van der Waals surface area contributed by atoms with Gasteiger partial charge in [0.2, 0.25) is 0 Å². The molecule has 0 heterocycles. The largest absolute Gasteiger partial charge is 2.00 e. The summed E-state index contributed by atoms with van der Waals surface area (Å²) in [5.41, 5.74) is 0. The van der Waals surface area contributed by atoms with Gasteiger partial charge in [0.05, 0.1) is 0 Å². The smallest absolute Gasteiger partial charge is 0.343 e. The molecule has 0 unspecified atom stereocenters. The Morgan fingerprint density at radius 1 is 0.231 bits per heavy atom. The molecule has 0 aliphatic rings. The SMILES string of the molecule is [CH2-]CCCCCCCCCCCCCCCCCC.[CH2-]CCCCCCCCCCCCCCCCCC.[Cd+2]. The van der Waals surface area contributed by atoms with Crippen LogP contribution in [0.3, 0.4) is 0 Å². The fourth-order valence-corrected chi connectivity index (χ4v) is 5.45. The molecule has 0 saturated heterocycles. The summed E-state index contributed by atoms with van der Waals surface area (Å²) in [4.78, 5) is 0. The average molecular weight is 647 g/mol. The molecule has 0 radical (unpaired) electrons. The maximum atomic E-state index is 3.89. The van der Waals surface area contributed by atoms with Crippen molar-refractivity contribution in [3.05, 3.63) is 13.8 Å². The van der Waals surface area contributed by atoms with E-state index in [1.54, 1.807) is 0 Å². The zero-order chi connectivity index (χ0) is 28.0. The van der Waals surface area contributed by atoms with E-state index in [0.29, 0.717) is 0 Å². The molecule has 0 atom stereocenters. The first kappa shape index (κ1) is 44.4. The molecule has 0 saturated carbocycles. The van der Waals surface area contributed by atoms with E-state index in [9.17, 15) is 0 Å². The van der Waals surface area contributed by atoms with Crippen molar-refractivity contribution < 1.29 is 27.3 Å². The Morgan fingerprint density at radius 2 is 0.359 bits per heavy atom. The molecule has 0 N–H and O–H groups in total. The molecular weight excluding hydrogens is 569 g/mol. The summed E-state index contributed by atoms with van der Waals surface area (Å²) >= 11 is 0. The van der Waals surface area contributed by atoms with E-state index in [1.807, 2.05) is 0 Å². The van der Waals surface area contributed by atoms with Gasteiger partial charge in [0.25, 0.3) is 0 Å². The molecular formula is C38H78Cd. The minimum atomic E-state index is 0. The van der Waals surface area contributed by atoms with Crippen LogP contribution in [0.1, 0.15) is 232 Å². The second-order valence-electron chi connectivity index (χ2n) is 12.3. The molecule has 0 nitrogen and oxygen atoms in total. The van der Waals surface area contributed by atoms with Crippen molar-refractivity contribution in [2.24, 2.45) is 0 Å². The third kappa shape index (κ3) is 49.0. The van der Waals surface area contributed by atoms with Crippen LogP contribution in [0.5, 0.6) is 0 Å². The summed E-state index contributed by atoms with van der Waals surface area (Å²) in [5, 5.41) is 0. The summed E-state index contributed by atoms with van der Waals surface area (Å²) in [6.07, 6.45) is 48.6. The molecule has 0 rings (SSSR count). The molecule has 0 bridgehead atoms. The van der Waals surface area contributed by atoms with Crippen molar-refractivity contribution in [2.45, 2.75) is 232 Å². The van der Waals surface area contributed by atoms with Crippen LogP contribution in [0, 0.1) is 13.8 Å². The predicted molar refractivity (Wildman–Crippen MR) is 179 cm³/mol. The van der Waals surface area contributed by atoms with Gasteiger partial charge in [-0.3, -0.25) is 0 Å². The van der Waals surface area contributed by atoms with E-state index < -0.39 is 0 Å². The van der Waals surface area contributed by atoms with Crippen molar-refractivity contribution in [1.29, 1.82) is 0 Å². The van der Waals surface area contributed by atoms with Gasteiger partial charge in [-0.05, 0) is 0 Å². The second kappa shape index (κ2) is 45.9. The monoisotopic (exact) mass is 649 g/mol. The normalized spacial score (nSPS) is 10.8. The Labute approximate surface area is 272 Å². The molecule has 0 amide bonds. The van der Waals surface area contributed by atoms with Crippen LogP contribution >= 0.6 is 0 Å². The third-order valence-electron chi connectivity index (χ3n) is 8.21. The van der Waals surface area contributed by atoms with E-state index in [0.717, 1.165) is 12.8 Å². The Bertz CT molecular complexity index is 287. The van der Waals surface area contributed by atoms with Gasteiger partial charge >= 0.3 is 27.3 Å². The van der Waals surface area contributed by atoms with Gasteiger partial charge < -0.3 is 13.8 Å². The van der Waals surface area contributed by atoms with Crippen molar-refractivity contribution >= 4 is 0 Å². The molecule has 0 aliphatic heterocycles. The Hall–Kier alpha value is 0.922. The minimum absolute atomic E-state index is 0. The van der Waals surface area contributed by atoms with E-state index in [1.165, 1.54) is 205 Å². The molecule has 232 valence electrons. The fourth-order valence-electron chi connectivity index (χ4n) is 5.45. The molecule has 39 heavy (non-hydrogen) atoms. The van der Waals surface area contributed by atoms with Gasteiger partial charge in [-0.25, -0.2) is 0 Å². The standard InChI is InChI=1S/2C19H39.Cd/c2*1-3-5-7-9-11-13-15-17-19-18-16-14-12-10-8-6-4-2;/h2*1,3-19H2,2H3;/q2*-1;+2. The molecule has 1 heteroatoms. The topological polar surface area (TPSA) is 0 Å². The van der Waals surface area contributed by atoms with Gasteiger partial charge in [0, 0.05) is 0 Å². The fraction of sp³-hybridized carbons (Fsp3) is 0.947. The first-order valence-electron chi connectivity index (χ1n) is 18.4. The number of hydrogen-bond acceptors (Lipinski definition) is 0. The minimum Gasteiger partial charge on any atom is -0.343 e. The molecule has 0 spiro atoms. The van der Waals surface area contributed by atoms with Crippen LogP contribution in [0.15, 0.2) is 0 Å². The molecule has 0 aromatic carbocycles. The molecule has 0 fully saturated rings. The van der Waals surface area contributed by atoms with Crippen molar-refractivity contribution in [2.75, 3.05) is 0 Å². The van der Waals surface area contributed by atoms with Crippen molar-refractivity contribution in [3.8, 4) is 0 Å². The van der Waals surface area contributed by atoms with Gasteiger partial charge in [-0.15, -0.1) is 0 Å². The molecule has 0 aromatic rings. The zero-order valence-electron chi connectivity index (χ0n) is 28.2. The number of rotatable bonds is 32. The van der Waals surface area contributed by atoms with Gasteiger partial charge in [0.1, 0.15) is 0 Å². The van der Waals surface area contributed by atoms with Crippen molar-refractivity contribution in [3.63, 3.8) is 0 Å². The maximum Gasteiger partial charge on any atom is 2.00 e. The molecule has 0 aliphatic carbocycles. The number of hydrogen-bond donors (Lipinski definition) is 0. The van der Waals surface area contributed by atoms with Gasteiger partial charge in [-0.2, -0.15) is 12.8 Å². The quantitative estimate of drug-likeness (QED) is 0.0387. The van der Waals surface area contributed by atoms with E-state index >= 15 is 0 Å². The van der Waals surface area contributed by atoms with Gasteiger partial charge in [-0.1, -0.05) is 219 Å². The zero-order valence-corrected chi connectivity index (χ0v) is 32.2. The van der Waals surface area contributed by atoms with E-state index in [-0.39, 0.29) is 27.3 Å². The van der Waals surface area contributed by atoms with Crippen LogP contribution in [0.2, 0.25) is 0 Å². The van der Waals surface area contributed by atoms with Crippen molar-refractivity contribution in [1.82, 2.24) is 0 Å². The summed E-state index contributed by atoms with van der Waals surface area (Å²) in [5.74, 6) is 0. The first-order chi connectivity index (χ1) is 18.8. The third-order valence-corrected chi connectivity index (χ3v) is 8.21. The van der Waals surface area contributed by atoms with E-state index in [2.05, 4.69) is 27.7 Å². The average Bonchev–Trinajstić information content (AvgIpc) is 2.93. The summed E-state index contributed by atoms with van der Waals surface area (Å²) in [6, 6.07) is 0.